The third-order valence-corrected chi connectivity index (χ3v) is 5.33. The zero-order chi connectivity index (χ0) is 21.1. The highest BCUT2D eigenvalue weighted by atomic mass is 35.5. The van der Waals surface area contributed by atoms with E-state index in [-0.39, 0.29) is 42.1 Å². The average Bonchev–Trinajstić information content (AvgIpc) is 3.18. The Morgan fingerprint density at radius 3 is 2.62 bits per heavy atom. The summed E-state index contributed by atoms with van der Waals surface area (Å²) in [6, 6.07) is 12.8. The molecule has 0 saturated heterocycles. The summed E-state index contributed by atoms with van der Waals surface area (Å²) in [5.74, 6) is 0.509. The number of nitrogen functional groups attached to an aromatic ring is 1. The molecule has 10 heteroatoms. The minimum atomic E-state index is -0.546. The number of aromatic nitrogens is 3. The van der Waals surface area contributed by atoms with E-state index in [0.29, 0.717) is 31.7 Å². The maximum absolute atomic E-state index is 13.0. The van der Waals surface area contributed by atoms with Crippen LogP contribution in [0.25, 0.3) is 0 Å². The summed E-state index contributed by atoms with van der Waals surface area (Å²) in [6.07, 6.45) is 2.89. The number of rotatable bonds is 6. The molecule has 0 unspecified atom stereocenters. The minimum absolute atomic E-state index is 0. The summed E-state index contributed by atoms with van der Waals surface area (Å²) in [4.78, 5) is 34.3. The molecule has 1 aromatic carbocycles. The number of fused-ring (bicyclic) bond motifs is 1. The van der Waals surface area contributed by atoms with Crippen LogP contribution in [-0.4, -0.2) is 20.4 Å². The summed E-state index contributed by atoms with van der Waals surface area (Å²) in [7, 11) is 0. The molecule has 1 aliphatic heterocycles. The number of hydrogen-bond acceptors (Lipinski definition) is 6. The van der Waals surface area contributed by atoms with Crippen molar-refractivity contribution in [2.45, 2.75) is 38.9 Å². The van der Waals surface area contributed by atoms with E-state index in [9.17, 15) is 9.59 Å². The van der Waals surface area contributed by atoms with E-state index in [2.05, 4.69) is 20.6 Å². The van der Waals surface area contributed by atoms with Gasteiger partial charge >= 0.3 is 0 Å². The van der Waals surface area contributed by atoms with Crippen LogP contribution in [0, 0.1) is 6.92 Å². The number of carbonyl (C=O) groups excluding carboxylic acids is 1. The van der Waals surface area contributed by atoms with Gasteiger partial charge in [0.25, 0.3) is 5.56 Å². The molecule has 1 amide bonds. The lowest BCUT2D eigenvalue weighted by molar-refractivity contribution is -0.124. The van der Waals surface area contributed by atoms with Crippen molar-refractivity contribution in [3.05, 3.63) is 81.5 Å². The van der Waals surface area contributed by atoms with Crippen LogP contribution in [0.4, 0.5) is 11.6 Å². The van der Waals surface area contributed by atoms with E-state index < -0.39 is 6.04 Å². The number of nitrogens with two attached hydrogens (primary N) is 1. The molecule has 0 radical (unpaired) electrons. The first kappa shape index (κ1) is 25.2. The number of pyridine rings is 1. The molecule has 0 fully saturated rings. The average molecular weight is 477 g/mol. The Morgan fingerprint density at radius 2 is 1.91 bits per heavy atom. The minimum Gasteiger partial charge on any atom is -0.384 e. The molecule has 170 valence electrons. The van der Waals surface area contributed by atoms with Crippen molar-refractivity contribution in [3.63, 3.8) is 0 Å². The van der Waals surface area contributed by atoms with Gasteiger partial charge in [0.15, 0.2) is 5.82 Å². The quantitative estimate of drug-likeness (QED) is 0.503. The monoisotopic (exact) mass is 476 g/mol. The fraction of sp³-hybridized carbons (Fsp3) is 0.273. The number of nitrogens with one attached hydrogen (secondary N) is 2. The standard InChI is InChI=1S/C22H24N6O2.2ClH/c1-14-16(7-10-19(23)27-14)12-26-21(29)18-9-8-17-13-25-20(22(30)28(17)18)24-11-15-5-3-2-4-6-15;;/h2-7,10,13,18H,8-9,11-12H2,1H3,(H2,23,27)(H,24,25)(H,26,29);2*1H/t18-;;/m0../s1. The van der Waals surface area contributed by atoms with Gasteiger partial charge in [0.1, 0.15) is 11.9 Å². The van der Waals surface area contributed by atoms with Gasteiger partial charge in [-0.05, 0) is 37.0 Å². The van der Waals surface area contributed by atoms with Gasteiger partial charge in [-0.2, -0.15) is 0 Å². The molecule has 0 bridgehead atoms. The van der Waals surface area contributed by atoms with Crippen LogP contribution in [-0.2, 0) is 24.3 Å². The molecule has 8 nitrogen and oxygen atoms in total. The fourth-order valence-electron chi connectivity index (χ4n) is 3.69. The van der Waals surface area contributed by atoms with Gasteiger partial charge in [-0.15, -0.1) is 24.8 Å². The number of nitrogens with zero attached hydrogens (tertiary/aromatic N) is 3. The third kappa shape index (κ3) is 5.38. The molecule has 0 saturated carbocycles. The van der Waals surface area contributed by atoms with Crippen molar-refractivity contribution in [1.82, 2.24) is 19.9 Å². The van der Waals surface area contributed by atoms with E-state index in [0.717, 1.165) is 22.5 Å². The zero-order valence-electron chi connectivity index (χ0n) is 17.6. The SMILES string of the molecule is Cc1nc(N)ccc1CNC(=O)[C@@H]1CCc2cnc(NCc3ccccc3)c(=O)n21.Cl.Cl. The lowest BCUT2D eigenvalue weighted by Gasteiger charge is -2.16. The molecule has 3 aromatic rings. The van der Waals surface area contributed by atoms with Crippen LogP contribution in [0.2, 0.25) is 0 Å². The number of benzene rings is 1. The Hall–Kier alpha value is -3.10. The molecule has 0 spiro atoms. The zero-order valence-corrected chi connectivity index (χ0v) is 19.2. The molecule has 3 heterocycles. The molecular weight excluding hydrogens is 451 g/mol. The lowest BCUT2D eigenvalue weighted by Crippen LogP contribution is -2.36. The van der Waals surface area contributed by atoms with Crippen molar-refractivity contribution < 1.29 is 4.79 Å². The van der Waals surface area contributed by atoms with Crippen LogP contribution in [0.5, 0.6) is 0 Å². The maximum atomic E-state index is 13.0. The van der Waals surface area contributed by atoms with Crippen molar-refractivity contribution in [2.75, 3.05) is 11.1 Å². The van der Waals surface area contributed by atoms with Crippen molar-refractivity contribution in [1.29, 1.82) is 0 Å². The summed E-state index contributed by atoms with van der Waals surface area (Å²) in [5.41, 5.74) is 8.90. The van der Waals surface area contributed by atoms with Crippen LogP contribution in [0.3, 0.4) is 0 Å². The molecule has 0 aliphatic carbocycles. The number of hydrogen-bond donors (Lipinski definition) is 3. The molecule has 2 aromatic heterocycles. The summed E-state index contributed by atoms with van der Waals surface area (Å²) in [5, 5.41) is 6.02. The second-order valence-corrected chi connectivity index (χ2v) is 7.37. The van der Waals surface area contributed by atoms with Gasteiger partial charge in [-0.1, -0.05) is 36.4 Å². The lowest BCUT2D eigenvalue weighted by atomic mass is 10.1. The van der Waals surface area contributed by atoms with Crippen LogP contribution >= 0.6 is 24.8 Å². The highest BCUT2D eigenvalue weighted by Crippen LogP contribution is 2.24. The van der Waals surface area contributed by atoms with E-state index in [1.54, 1.807) is 16.8 Å². The van der Waals surface area contributed by atoms with Crippen LogP contribution in [0.15, 0.2) is 53.5 Å². The molecular formula is C22H26Cl2N6O2. The first-order valence-electron chi connectivity index (χ1n) is 9.91. The molecule has 1 aliphatic rings. The Labute approximate surface area is 198 Å². The topological polar surface area (TPSA) is 115 Å². The van der Waals surface area contributed by atoms with Crippen LogP contribution < -0.4 is 21.9 Å². The Kier molecular flexibility index (Phi) is 8.63. The van der Waals surface area contributed by atoms with Gasteiger partial charge in [0.05, 0.1) is 0 Å². The highest BCUT2D eigenvalue weighted by Gasteiger charge is 2.30. The van der Waals surface area contributed by atoms with E-state index in [1.165, 1.54) is 0 Å². The van der Waals surface area contributed by atoms with Crippen molar-refractivity contribution in [3.8, 4) is 0 Å². The molecule has 1 atom stereocenters. The highest BCUT2D eigenvalue weighted by molar-refractivity contribution is 5.85. The van der Waals surface area contributed by atoms with E-state index >= 15 is 0 Å². The van der Waals surface area contributed by atoms with Crippen molar-refractivity contribution in [2.24, 2.45) is 0 Å². The van der Waals surface area contributed by atoms with E-state index in [4.69, 9.17) is 5.73 Å². The Morgan fingerprint density at radius 1 is 1.16 bits per heavy atom. The number of halogens is 2. The summed E-state index contributed by atoms with van der Waals surface area (Å²) >= 11 is 0. The number of amides is 1. The second-order valence-electron chi connectivity index (χ2n) is 7.37. The summed E-state index contributed by atoms with van der Waals surface area (Å²) < 4.78 is 1.56. The number of anilines is 2. The largest absolute Gasteiger partial charge is 0.384 e. The van der Waals surface area contributed by atoms with Gasteiger partial charge in [0, 0.05) is 30.7 Å². The number of carbonyl (C=O) groups is 1. The second kappa shape index (κ2) is 11.0. The fourth-order valence-corrected chi connectivity index (χ4v) is 3.69. The maximum Gasteiger partial charge on any atom is 0.294 e. The van der Waals surface area contributed by atoms with Gasteiger partial charge in [0.2, 0.25) is 5.91 Å². The van der Waals surface area contributed by atoms with Crippen molar-refractivity contribution >= 4 is 42.4 Å². The van der Waals surface area contributed by atoms with Gasteiger partial charge < -0.3 is 16.4 Å². The molecule has 4 N–H and O–H groups in total. The van der Waals surface area contributed by atoms with Gasteiger partial charge in [-0.25, -0.2) is 9.97 Å². The summed E-state index contributed by atoms with van der Waals surface area (Å²) in [6.45, 7) is 2.68. The van der Waals surface area contributed by atoms with E-state index in [1.807, 2.05) is 43.3 Å². The third-order valence-electron chi connectivity index (χ3n) is 5.33. The first-order chi connectivity index (χ1) is 14.5. The predicted octanol–water partition coefficient (Wildman–Crippen LogP) is 2.79. The number of aryl methyl sites for hydroxylation is 2. The Balaban J connectivity index is 0.00000181. The molecule has 32 heavy (non-hydrogen) atoms. The van der Waals surface area contributed by atoms with Gasteiger partial charge in [-0.3, -0.25) is 14.2 Å². The smallest absolute Gasteiger partial charge is 0.294 e. The Bertz CT molecular complexity index is 1140. The first-order valence-corrected chi connectivity index (χ1v) is 9.91. The molecule has 4 rings (SSSR count). The predicted molar refractivity (Wildman–Crippen MR) is 129 cm³/mol. The normalized spacial score (nSPS) is 14.0. The van der Waals surface area contributed by atoms with Crippen LogP contribution in [0.1, 0.15) is 35.0 Å².